The molecule has 0 saturated carbocycles. The molecule has 0 amide bonds. The molecule has 2 aliphatic rings. The third-order valence-electron chi connectivity index (χ3n) is 6.60. The van der Waals surface area contributed by atoms with Crippen LogP contribution in [0.1, 0.15) is 25.0 Å². The molecule has 4 heterocycles. The van der Waals surface area contributed by atoms with Gasteiger partial charge in [-0.05, 0) is 66.9 Å². The minimum atomic E-state index is -2.80. The molecule has 37 heavy (non-hydrogen) atoms. The minimum Gasteiger partial charge on any atom is -0.405 e. The molecule has 2 saturated heterocycles. The number of hydrogen-bond donors (Lipinski definition) is 2. The van der Waals surface area contributed by atoms with Gasteiger partial charge in [0.1, 0.15) is 23.3 Å². The Hall–Kier alpha value is -3.34. The van der Waals surface area contributed by atoms with Crippen LogP contribution >= 0.6 is 0 Å². The fourth-order valence-corrected chi connectivity index (χ4v) is 5.32. The number of benzene rings is 1. The lowest BCUT2D eigenvalue weighted by Crippen LogP contribution is -2.36. The second-order valence-corrected chi connectivity index (χ2v) is 11.4. The SMILES string of the molecule is CS(=N)(=O)c1ccc(-c2cc(N3CCOCC3)nc3c(C(C=CN)=NC4CCCCO4)nccc23)cc1. The molecule has 2 unspecified atom stereocenters. The third kappa shape index (κ3) is 5.66. The van der Waals surface area contributed by atoms with Gasteiger partial charge in [-0.1, -0.05) is 12.1 Å². The van der Waals surface area contributed by atoms with Crippen LogP contribution in [0.3, 0.4) is 0 Å². The largest absolute Gasteiger partial charge is 0.405 e. The maximum atomic E-state index is 12.2. The summed E-state index contributed by atoms with van der Waals surface area (Å²) in [5.41, 5.74) is 9.73. The van der Waals surface area contributed by atoms with Gasteiger partial charge in [-0.3, -0.25) is 9.98 Å². The highest BCUT2D eigenvalue weighted by molar-refractivity contribution is 7.91. The second-order valence-electron chi connectivity index (χ2n) is 9.25. The molecule has 9 nitrogen and oxygen atoms in total. The Morgan fingerprint density at radius 1 is 1.19 bits per heavy atom. The number of nitrogens with zero attached hydrogens (tertiary/aromatic N) is 4. The van der Waals surface area contributed by atoms with Crippen LogP contribution in [-0.2, 0) is 19.2 Å². The van der Waals surface area contributed by atoms with Crippen LogP contribution in [0.5, 0.6) is 0 Å². The van der Waals surface area contributed by atoms with Crippen molar-refractivity contribution in [2.75, 3.05) is 44.1 Å². The normalized spacial score (nSPS) is 20.8. The average Bonchev–Trinajstić information content (AvgIpc) is 2.92. The Labute approximate surface area is 217 Å². The van der Waals surface area contributed by atoms with Crippen molar-refractivity contribution in [3.63, 3.8) is 0 Å². The lowest BCUT2D eigenvalue weighted by Gasteiger charge is -2.28. The van der Waals surface area contributed by atoms with Gasteiger partial charge in [-0.15, -0.1) is 0 Å². The van der Waals surface area contributed by atoms with E-state index >= 15 is 0 Å². The van der Waals surface area contributed by atoms with Gasteiger partial charge in [0.05, 0.1) is 28.7 Å². The Morgan fingerprint density at radius 2 is 1.97 bits per heavy atom. The first-order valence-corrected chi connectivity index (χ1v) is 14.5. The standard InChI is InChI=1S/C27H32N6O3S/c1-37(29,34)20-7-5-19(6-8-20)22-18-24(33-13-16-35-17-14-33)32-26-21(22)10-12-30-27(26)23(9-11-28)31-25-4-2-3-15-36-25/h5-12,18,25,29H,2-4,13-17,28H2,1H3. The Balaban J connectivity index is 1.69. The van der Waals surface area contributed by atoms with E-state index in [4.69, 9.17) is 34.9 Å². The van der Waals surface area contributed by atoms with Crippen LogP contribution in [0, 0.1) is 4.78 Å². The van der Waals surface area contributed by atoms with E-state index in [-0.39, 0.29) is 6.23 Å². The van der Waals surface area contributed by atoms with Gasteiger partial charge < -0.3 is 20.1 Å². The number of allylic oxidation sites excluding steroid dienone is 1. The summed E-state index contributed by atoms with van der Waals surface area (Å²) in [5.74, 6) is 0.828. The molecule has 1 aromatic carbocycles. The Morgan fingerprint density at radius 3 is 2.65 bits per heavy atom. The topological polar surface area (TPSA) is 127 Å². The van der Waals surface area contributed by atoms with Gasteiger partial charge in [-0.2, -0.15) is 0 Å². The van der Waals surface area contributed by atoms with E-state index in [1.54, 1.807) is 24.4 Å². The summed E-state index contributed by atoms with van der Waals surface area (Å²) in [6.07, 6.45) is 9.14. The fraction of sp³-hybridized carbons (Fsp3) is 0.370. The lowest BCUT2D eigenvalue weighted by molar-refractivity contribution is 0.0224. The predicted octanol–water partition coefficient (Wildman–Crippen LogP) is 3.96. The number of nitrogens with one attached hydrogen (secondary N) is 1. The van der Waals surface area contributed by atoms with Crippen molar-refractivity contribution in [3.8, 4) is 11.1 Å². The summed E-state index contributed by atoms with van der Waals surface area (Å²) in [6.45, 7) is 3.45. The average molecular weight is 521 g/mol. The van der Waals surface area contributed by atoms with Crippen molar-refractivity contribution in [1.29, 1.82) is 4.78 Å². The molecule has 0 aliphatic carbocycles. The van der Waals surface area contributed by atoms with Crippen LogP contribution in [0.2, 0.25) is 0 Å². The number of ether oxygens (including phenoxy) is 2. The van der Waals surface area contributed by atoms with E-state index in [1.807, 2.05) is 18.2 Å². The van der Waals surface area contributed by atoms with Crippen molar-refractivity contribution in [3.05, 3.63) is 60.6 Å². The molecular formula is C27H32N6O3S. The first-order valence-electron chi connectivity index (χ1n) is 12.5. The number of anilines is 1. The number of pyridine rings is 2. The molecule has 5 rings (SSSR count). The highest BCUT2D eigenvalue weighted by Crippen LogP contribution is 2.34. The molecule has 194 valence electrons. The highest BCUT2D eigenvalue weighted by Gasteiger charge is 2.21. The van der Waals surface area contributed by atoms with Crippen LogP contribution in [0.15, 0.2) is 64.8 Å². The summed E-state index contributed by atoms with van der Waals surface area (Å²) >= 11 is 0. The van der Waals surface area contributed by atoms with Crippen LogP contribution < -0.4 is 10.6 Å². The van der Waals surface area contributed by atoms with Crippen LogP contribution in [-0.4, -0.2) is 65.3 Å². The zero-order valence-corrected chi connectivity index (χ0v) is 21.7. The molecule has 0 spiro atoms. The van der Waals surface area contributed by atoms with E-state index in [0.717, 1.165) is 60.2 Å². The Bertz CT molecular complexity index is 1420. The molecule has 2 aromatic heterocycles. The Kier molecular flexibility index (Phi) is 7.50. The molecule has 3 aromatic rings. The molecule has 2 aliphatic heterocycles. The van der Waals surface area contributed by atoms with Gasteiger partial charge in [0, 0.05) is 42.4 Å². The molecule has 3 N–H and O–H groups in total. The van der Waals surface area contributed by atoms with E-state index in [9.17, 15) is 4.21 Å². The van der Waals surface area contributed by atoms with Gasteiger partial charge in [0.15, 0.2) is 0 Å². The van der Waals surface area contributed by atoms with Crippen molar-refractivity contribution in [1.82, 2.24) is 9.97 Å². The zero-order chi connectivity index (χ0) is 25.8. The van der Waals surface area contributed by atoms with E-state index in [1.165, 1.54) is 12.5 Å². The van der Waals surface area contributed by atoms with Crippen molar-refractivity contribution >= 4 is 32.2 Å². The van der Waals surface area contributed by atoms with Crippen LogP contribution in [0.4, 0.5) is 5.82 Å². The first kappa shape index (κ1) is 25.3. The third-order valence-corrected chi connectivity index (χ3v) is 7.77. The number of rotatable bonds is 6. The highest BCUT2D eigenvalue weighted by atomic mass is 32.2. The number of morpholine rings is 1. The summed E-state index contributed by atoms with van der Waals surface area (Å²) in [5, 5.41) is 0.917. The van der Waals surface area contributed by atoms with Crippen molar-refractivity contribution in [2.24, 2.45) is 10.7 Å². The maximum absolute atomic E-state index is 12.2. The van der Waals surface area contributed by atoms with Gasteiger partial charge >= 0.3 is 0 Å². The summed E-state index contributed by atoms with van der Waals surface area (Å²) < 4.78 is 31.6. The van der Waals surface area contributed by atoms with Gasteiger partial charge in [0.2, 0.25) is 0 Å². The maximum Gasteiger partial charge on any atom is 0.149 e. The number of hydrogen-bond acceptors (Lipinski definition) is 9. The van der Waals surface area contributed by atoms with E-state index < -0.39 is 9.73 Å². The second kappa shape index (κ2) is 11.0. The van der Waals surface area contributed by atoms with E-state index in [0.29, 0.717) is 36.1 Å². The number of fused-ring (bicyclic) bond motifs is 1. The van der Waals surface area contributed by atoms with Crippen molar-refractivity contribution < 1.29 is 13.7 Å². The quantitative estimate of drug-likeness (QED) is 0.471. The molecule has 2 atom stereocenters. The van der Waals surface area contributed by atoms with E-state index in [2.05, 4.69) is 11.0 Å². The van der Waals surface area contributed by atoms with Gasteiger partial charge in [-0.25, -0.2) is 14.0 Å². The lowest BCUT2D eigenvalue weighted by atomic mass is 9.99. The monoisotopic (exact) mass is 520 g/mol. The molecule has 0 bridgehead atoms. The van der Waals surface area contributed by atoms with Crippen LogP contribution in [0.25, 0.3) is 22.0 Å². The summed E-state index contributed by atoms with van der Waals surface area (Å²) in [4.78, 5) is 17.3. The predicted molar refractivity (Wildman–Crippen MR) is 147 cm³/mol. The number of nitrogens with two attached hydrogens (primary N) is 1. The summed E-state index contributed by atoms with van der Waals surface area (Å²) in [6, 6.07) is 11.4. The molecule has 10 heteroatoms. The number of aromatic nitrogens is 2. The molecular weight excluding hydrogens is 488 g/mol. The smallest absolute Gasteiger partial charge is 0.149 e. The molecule has 0 radical (unpaired) electrons. The fourth-order valence-electron chi connectivity index (χ4n) is 4.67. The summed E-state index contributed by atoms with van der Waals surface area (Å²) in [7, 11) is -2.80. The first-order chi connectivity index (χ1) is 17.9. The van der Waals surface area contributed by atoms with Crippen molar-refractivity contribution in [2.45, 2.75) is 30.4 Å². The number of aliphatic imine (C=N–C) groups is 1. The zero-order valence-electron chi connectivity index (χ0n) is 20.9. The minimum absolute atomic E-state index is 0.236. The molecule has 2 fully saturated rings. The van der Waals surface area contributed by atoms with Gasteiger partial charge in [0.25, 0.3) is 0 Å².